The lowest BCUT2D eigenvalue weighted by Gasteiger charge is -2.27. The van der Waals surface area contributed by atoms with Gasteiger partial charge in [-0.2, -0.15) is 5.10 Å². The molecule has 1 saturated heterocycles. The molecule has 130 valence electrons. The molecule has 0 radical (unpaired) electrons. The van der Waals surface area contributed by atoms with E-state index < -0.39 is 0 Å². The molecule has 3 nitrogen and oxygen atoms in total. The molecule has 1 aliphatic carbocycles. The summed E-state index contributed by atoms with van der Waals surface area (Å²) < 4.78 is 1.85. The van der Waals surface area contributed by atoms with Gasteiger partial charge in [-0.05, 0) is 40.9 Å². The third-order valence-corrected chi connectivity index (χ3v) is 5.46. The van der Waals surface area contributed by atoms with Crippen molar-refractivity contribution < 1.29 is 0 Å². The minimum absolute atomic E-state index is 0.478. The predicted molar refractivity (Wildman–Crippen MR) is 102 cm³/mol. The first kappa shape index (κ1) is 17.1. The zero-order valence-corrected chi connectivity index (χ0v) is 16.0. The topological polar surface area (TPSA) is 21.1 Å². The highest BCUT2D eigenvalue weighted by Crippen LogP contribution is 2.60. The van der Waals surface area contributed by atoms with E-state index in [1.807, 2.05) is 31.8 Å². The Morgan fingerprint density at radius 2 is 1.54 bits per heavy atom. The van der Waals surface area contributed by atoms with Crippen molar-refractivity contribution in [2.75, 3.05) is 18.0 Å². The third-order valence-electron chi connectivity index (χ3n) is 5.46. The third kappa shape index (κ3) is 3.09. The van der Waals surface area contributed by atoms with Crippen molar-refractivity contribution in [3.05, 3.63) is 36.7 Å². The molecular weight excluding hydrogens is 294 g/mol. The van der Waals surface area contributed by atoms with Gasteiger partial charge in [0.25, 0.3) is 0 Å². The Hall–Kier alpha value is -1.77. The molecule has 2 atom stereocenters. The fraction of sp³-hybridized carbons (Fsp3) is 0.571. The summed E-state index contributed by atoms with van der Waals surface area (Å²) in [5.74, 6) is 2.76. The molecule has 2 fully saturated rings. The number of aryl methyl sites for hydroxylation is 1. The van der Waals surface area contributed by atoms with Gasteiger partial charge in [-0.15, -0.1) is 0 Å². The number of rotatable bonds is 2. The van der Waals surface area contributed by atoms with Crippen LogP contribution in [0.3, 0.4) is 0 Å². The van der Waals surface area contributed by atoms with Crippen molar-refractivity contribution in [2.24, 2.45) is 30.2 Å². The van der Waals surface area contributed by atoms with Crippen molar-refractivity contribution in [3.8, 4) is 11.1 Å². The zero-order valence-electron chi connectivity index (χ0n) is 16.0. The van der Waals surface area contributed by atoms with Crippen LogP contribution in [0.2, 0.25) is 0 Å². The molecule has 0 N–H and O–H groups in total. The van der Waals surface area contributed by atoms with E-state index in [0.717, 1.165) is 17.8 Å². The van der Waals surface area contributed by atoms with Crippen molar-refractivity contribution in [2.45, 2.75) is 34.6 Å². The van der Waals surface area contributed by atoms with Gasteiger partial charge in [-0.3, -0.25) is 4.68 Å². The summed E-state index contributed by atoms with van der Waals surface area (Å²) in [5.41, 5.74) is 4.28. The van der Waals surface area contributed by atoms with Crippen molar-refractivity contribution in [3.63, 3.8) is 0 Å². The smallest absolute Gasteiger partial charge is 0.0568 e. The van der Waals surface area contributed by atoms with Gasteiger partial charge in [0.05, 0.1) is 6.20 Å². The van der Waals surface area contributed by atoms with E-state index in [-0.39, 0.29) is 0 Å². The Morgan fingerprint density at radius 3 is 2.00 bits per heavy atom. The van der Waals surface area contributed by atoms with E-state index in [1.165, 1.54) is 29.9 Å². The van der Waals surface area contributed by atoms with Crippen molar-refractivity contribution in [1.29, 1.82) is 0 Å². The number of aromatic nitrogens is 2. The van der Waals surface area contributed by atoms with Gasteiger partial charge in [0, 0.05) is 37.6 Å². The standard InChI is InChI=1S/C19H25N3.C2H6/c1-19(2,3)18-16-11-22(12-17(16)18)15-7-5-13(6-8-15)14-9-20-21(4)10-14;1-2/h5-10,16-18H,11-12H2,1-4H3;1-2H3. The second kappa shape index (κ2) is 6.27. The molecule has 1 saturated carbocycles. The van der Waals surface area contributed by atoms with Crippen molar-refractivity contribution in [1.82, 2.24) is 9.78 Å². The fourth-order valence-corrected chi connectivity index (χ4v) is 4.46. The van der Waals surface area contributed by atoms with Crippen LogP contribution in [0.15, 0.2) is 36.7 Å². The fourth-order valence-electron chi connectivity index (χ4n) is 4.46. The first-order chi connectivity index (χ1) is 11.4. The summed E-state index contributed by atoms with van der Waals surface area (Å²) in [6.07, 6.45) is 3.99. The van der Waals surface area contributed by atoms with Crippen LogP contribution in [0.5, 0.6) is 0 Å². The van der Waals surface area contributed by atoms with E-state index in [4.69, 9.17) is 0 Å². The van der Waals surface area contributed by atoms with Gasteiger partial charge >= 0.3 is 0 Å². The molecule has 2 aliphatic rings. The molecule has 0 spiro atoms. The first-order valence-electron chi connectivity index (χ1n) is 9.27. The Balaban J connectivity index is 0.000000815. The van der Waals surface area contributed by atoms with E-state index >= 15 is 0 Å². The molecule has 2 unspecified atom stereocenters. The van der Waals surface area contributed by atoms with Gasteiger partial charge in [0.15, 0.2) is 0 Å². The van der Waals surface area contributed by atoms with Crippen LogP contribution in [-0.2, 0) is 7.05 Å². The van der Waals surface area contributed by atoms with Gasteiger partial charge < -0.3 is 4.90 Å². The van der Waals surface area contributed by atoms with Crippen LogP contribution in [0, 0.1) is 23.2 Å². The summed E-state index contributed by atoms with van der Waals surface area (Å²) >= 11 is 0. The maximum Gasteiger partial charge on any atom is 0.0568 e. The molecule has 1 aromatic carbocycles. The SMILES string of the molecule is CC.Cn1cc(-c2ccc(N3CC4C(C3)C4C(C)(C)C)cc2)cn1. The van der Waals surface area contributed by atoms with Crippen LogP contribution in [0.4, 0.5) is 5.69 Å². The summed E-state index contributed by atoms with van der Waals surface area (Å²) in [4.78, 5) is 2.56. The molecule has 2 aromatic rings. The number of benzene rings is 1. The lowest BCUT2D eigenvalue weighted by Crippen LogP contribution is -2.27. The quantitative estimate of drug-likeness (QED) is 0.787. The van der Waals surface area contributed by atoms with Crippen LogP contribution >= 0.6 is 0 Å². The van der Waals surface area contributed by atoms with Gasteiger partial charge in [-0.1, -0.05) is 46.8 Å². The van der Waals surface area contributed by atoms with E-state index in [9.17, 15) is 0 Å². The summed E-state index contributed by atoms with van der Waals surface area (Å²) in [5, 5.41) is 4.25. The zero-order chi connectivity index (χ0) is 17.5. The van der Waals surface area contributed by atoms with E-state index in [0.29, 0.717) is 5.41 Å². The number of hydrogen-bond donors (Lipinski definition) is 0. The largest absolute Gasteiger partial charge is 0.371 e. The Bertz CT molecular complexity index is 666. The second-order valence-corrected chi connectivity index (χ2v) is 8.07. The molecule has 4 rings (SSSR count). The highest BCUT2D eigenvalue weighted by atomic mass is 15.2. The van der Waals surface area contributed by atoms with Crippen LogP contribution in [0.1, 0.15) is 34.6 Å². The van der Waals surface area contributed by atoms with E-state index in [1.54, 1.807) is 0 Å². The molecule has 3 heteroatoms. The average Bonchev–Trinajstić information content (AvgIpc) is 2.90. The maximum absolute atomic E-state index is 4.25. The summed E-state index contributed by atoms with van der Waals surface area (Å²) in [7, 11) is 1.96. The average molecular weight is 326 g/mol. The minimum atomic E-state index is 0.478. The van der Waals surface area contributed by atoms with Gasteiger partial charge in [0.1, 0.15) is 0 Å². The van der Waals surface area contributed by atoms with Crippen LogP contribution < -0.4 is 4.90 Å². The second-order valence-electron chi connectivity index (χ2n) is 8.07. The summed E-state index contributed by atoms with van der Waals surface area (Å²) in [6, 6.07) is 8.97. The van der Waals surface area contributed by atoms with Gasteiger partial charge in [0.2, 0.25) is 0 Å². The maximum atomic E-state index is 4.25. The molecule has 2 heterocycles. The molecule has 1 aliphatic heterocycles. The Labute approximate surface area is 146 Å². The number of nitrogens with zero attached hydrogens (tertiary/aromatic N) is 3. The van der Waals surface area contributed by atoms with Crippen molar-refractivity contribution >= 4 is 5.69 Å². The number of piperidine rings is 1. The number of hydrogen-bond acceptors (Lipinski definition) is 2. The monoisotopic (exact) mass is 325 g/mol. The van der Waals surface area contributed by atoms with E-state index in [2.05, 4.69) is 61.2 Å². The number of fused-ring (bicyclic) bond motifs is 1. The molecule has 0 amide bonds. The normalized spacial score (nSPS) is 25.1. The molecule has 1 aromatic heterocycles. The Kier molecular flexibility index (Phi) is 4.46. The van der Waals surface area contributed by atoms with Crippen LogP contribution in [-0.4, -0.2) is 22.9 Å². The highest BCUT2D eigenvalue weighted by molar-refractivity contribution is 5.65. The number of anilines is 1. The summed E-state index contributed by atoms with van der Waals surface area (Å²) in [6.45, 7) is 13.6. The molecule has 24 heavy (non-hydrogen) atoms. The lowest BCUT2D eigenvalue weighted by atomic mass is 9.87. The molecule has 0 bridgehead atoms. The van der Waals surface area contributed by atoms with Gasteiger partial charge in [-0.25, -0.2) is 0 Å². The van der Waals surface area contributed by atoms with Crippen LogP contribution in [0.25, 0.3) is 11.1 Å². The molecular formula is C21H31N3. The predicted octanol–water partition coefficient (Wildman–Crippen LogP) is 4.84. The Morgan fingerprint density at radius 1 is 0.958 bits per heavy atom. The first-order valence-corrected chi connectivity index (χ1v) is 9.27. The lowest BCUT2D eigenvalue weighted by molar-refractivity contribution is 0.309. The minimum Gasteiger partial charge on any atom is -0.371 e. The highest BCUT2D eigenvalue weighted by Gasteiger charge is 2.59.